The summed E-state index contributed by atoms with van der Waals surface area (Å²) in [6.07, 6.45) is 0.704. The van der Waals surface area contributed by atoms with Crippen LogP contribution < -0.4 is 11.3 Å². The van der Waals surface area contributed by atoms with Gasteiger partial charge in [-0.25, -0.2) is 0 Å². The maximum Gasteiger partial charge on any atom is 0.250 e. The van der Waals surface area contributed by atoms with Crippen LogP contribution in [0.4, 0.5) is 0 Å². The maximum absolute atomic E-state index is 11.9. The number of aliphatic hydroxyl groups is 1. The molecule has 0 amide bonds. The number of nitrogens with two attached hydrogens (primary N) is 1. The van der Waals surface area contributed by atoms with Gasteiger partial charge in [0.1, 0.15) is 0 Å². The van der Waals surface area contributed by atoms with Crippen LogP contribution in [-0.4, -0.2) is 46.9 Å². The number of aliphatic hydroxyl groups excluding tert-OH is 1. The lowest BCUT2D eigenvalue weighted by atomic mass is 9.83. The van der Waals surface area contributed by atoms with Gasteiger partial charge < -0.3 is 15.4 Å². The average molecular weight is 263 g/mol. The Balaban J connectivity index is 1.82. The summed E-state index contributed by atoms with van der Waals surface area (Å²) in [4.78, 5) is 14.2. The van der Waals surface area contributed by atoms with Gasteiger partial charge in [0, 0.05) is 50.4 Å². The summed E-state index contributed by atoms with van der Waals surface area (Å²) in [5, 5.41) is 9.69. The Bertz CT molecular complexity index is 514. The molecular formula is C14H21N3O2. The van der Waals surface area contributed by atoms with E-state index in [-0.39, 0.29) is 5.56 Å². The normalized spacial score (nSPS) is 27.9. The van der Waals surface area contributed by atoms with E-state index in [0.29, 0.717) is 24.9 Å². The first-order valence-electron chi connectivity index (χ1n) is 6.97. The van der Waals surface area contributed by atoms with Gasteiger partial charge in [-0.3, -0.25) is 9.69 Å². The zero-order valence-electron chi connectivity index (χ0n) is 11.0. The van der Waals surface area contributed by atoms with E-state index in [1.165, 1.54) is 0 Å². The summed E-state index contributed by atoms with van der Waals surface area (Å²) in [5.41, 5.74) is 6.74. The molecule has 2 aliphatic heterocycles. The fourth-order valence-electron chi connectivity index (χ4n) is 3.52. The van der Waals surface area contributed by atoms with Crippen molar-refractivity contribution in [3.63, 3.8) is 0 Å². The molecule has 1 fully saturated rings. The number of hydrogen-bond donors (Lipinski definition) is 2. The Kier molecular flexibility index (Phi) is 3.43. The highest BCUT2D eigenvalue weighted by atomic mass is 16.3. The first kappa shape index (κ1) is 12.8. The number of likely N-dealkylation sites (tertiary alicyclic amines) is 1. The van der Waals surface area contributed by atoms with Crippen molar-refractivity contribution >= 4 is 0 Å². The summed E-state index contributed by atoms with van der Waals surface area (Å²) in [5.74, 6) is 0.919. The molecule has 5 nitrogen and oxygen atoms in total. The molecule has 3 atom stereocenters. The minimum Gasteiger partial charge on any atom is -0.390 e. The van der Waals surface area contributed by atoms with Crippen LogP contribution in [0.3, 0.4) is 0 Å². The van der Waals surface area contributed by atoms with Gasteiger partial charge in [0.05, 0.1) is 6.10 Å². The van der Waals surface area contributed by atoms with Gasteiger partial charge in [-0.15, -0.1) is 0 Å². The lowest BCUT2D eigenvalue weighted by molar-refractivity contribution is 0.0659. The number of hydrogen-bond acceptors (Lipinski definition) is 4. The molecule has 1 aromatic heterocycles. The Hall–Kier alpha value is -1.17. The van der Waals surface area contributed by atoms with E-state index in [4.69, 9.17) is 5.73 Å². The van der Waals surface area contributed by atoms with Crippen molar-refractivity contribution in [1.29, 1.82) is 0 Å². The SMILES string of the molecule is NC[C@@H](O)CN1C[C@@H]2C[C@H](C1)c1cccc(=O)n1C2. The Morgan fingerprint density at radius 3 is 3.00 bits per heavy atom. The molecule has 0 unspecified atom stereocenters. The van der Waals surface area contributed by atoms with Crippen molar-refractivity contribution in [2.24, 2.45) is 11.7 Å². The Morgan fingerprint density at radius 2 is 2.21 bits per heavy atom. The summed E-state index contributed by atoms with van der Waals surface area (Å²) >= 11 is 0. The van der Waals surface area contributed by atoms with Crippen LogP contribution in [0, 0.1) is 5.92 Å². The van der Waals surface area contributed by atoms with Gasteiger partial charge >= 0.3 is 0 Å². The summed E-state index contributed by atoms with van der Waals surface area (Å²) in [6, 6.07) is 5.55. The highest BCUT2D eigenvalue weighted by Crippen LogP contribution is 2.34. The largest absolute Gasteiger partial charge is 0.390 e. The number of piperidine rings is 1. The summed E-state index contributed by atoms with van der Waals surface area (Å²) in [7, 11) is 0. The fourth-order valence-corrected chi connectivity index (χ4v) is 3.52. The second-order valence-electron chi connectivity index (χ2n) is 5.81. The molecule has 3 N–H and O–H groups in total. The van der Waals surface area contributed by atoms with Crippen LogP contribution >= 0.6 is 0 Å². The van der Waals surface area contributed by atoms with E-state index in [2.05, 4.69) is 11.0 Å². The number of aromatic nitrogens is 1. The summed E-state index contributed by atoms with van der Waals surface area (Å²) in [6.45, 7) is 3.62. The van der Waals surface area contributed by atoms with Crippen LogP contribution in [0.2, 0.25) is 0 Å². The number of rotatable bonds is 3. The van der Waals surface area contributed by atoms with Crippen LogP contribution in [0.15, 0.2) is 23.0 Å². The van der Waals surface area contributed by atoms with Gasteiger partial charge in [-0.1, -0.05) is 6.07 Å². The zero-order valence-corrected chi connectivity index (χ0v) is 11.0. The standard InChI is InChI=1S/C14H21N3O2/c15-5-12(18)9-16-6-10-4-11(8-16)13-2-1-3-14(19)17(13)7-10/h1-3,10-12,18H,4-9,15H2/t10-,11+,12+/m0/s1. The predicted molar refractivity (Wildman–Crippen MR) is 73.1 cm³/mol. The topological polar surface area (TPSA) is 71.5 Å². The first-order valence-corrected chi connectivity index (χ1v) is 6.97. The second-order valence-corrected chi connectivity index (χ2v) is 5.81. The van der Waals surface area contributed by atoms with Crippen molar-refractivity contribution in [3.8, 4) is 0 Å². The molecule has 0 saturated carbocycles. The van der Waals surface area contributed by atoms with Crippen molar-refractivity contribution in [3.05, 3.63) is 34.2 Å². The van der Waals surface area contributed by atoms with E-state index in [1.54, 1.807) is 6.07 Å². The average Bonchev–Trinajstić information content (AvgIpc) is 2.40. The summed E-state index contributed by atoms with van der Waals surface area (Å²) < 4.78 is 1.93. The van der Waals surface area contributed by atoms with E-state index < -0.39 is 6.10 Å². The predicted octanol–water partition coefficient (Wildman–Crippen LogP) is -0.413. The third kappa shape index (κ3) is 2.45. The number of β-amino-alcohol motifs (C(OH)–C–C–N with tert-alkyl or cyclic N) is 1. The minimum absolute atomic E-state index is 0.114. The highest BCUT2D eigenvalue weighted by molar-refractivity contribution is 5.16. The molecule has 3 rings (SSSR count). The lowest BCUT2D eigenvalue weighted by Crippen LogP contribution is -2.49. The maximum atomic E-state index is 11.9. The molecule has 0 spiro atoms. The molecule has 19 heavy (non-hydrogen) atoms. The molecule has 5 heteroatoms. The lowest BCUT2D eigenvalue weighted by Gasteiger charge is -2.43. The Morgan fingerprint density at radius 1 is 1.37 bits per heavy atom. The Labute approximate surface area is 112 Å². The fraction of sp³-hybridized carbons (Fsp3) is 0.643. The molecule has 2 bridgehead atoms. The van der Waals surface area contributed by atoms with Gasteiger partial charge in [0.25, 0.3) is 5.56 Å². The van der Waals surface area contributed by atoms with Gasteiger partial charge in [-0.2, -0.15) is 0 Å². The molecule has 1 saturated heterocycles. The second kappa shape index (κ2) is 5.07. The van der Waals surface area contributed by atoms with E-state index in [1.807, 2.05) is 10.6 Å². The molecule has 0 aromatic carbocycles. The first-order chi connectivity index (χ1) is 9.17. The van der Waals surface area contributed by atoms with Gasteiger partial charge in [0.2, 0.25) is 0 Å². The van der Waals surface area contributed by atoms with Gasteiger partial charge in [0.15, 0.2) is 0 Å². The van der Waals surface area contributed by atoms with E-state index >= 15 is 0 Å². The highest BCUT2D eigenvalue weighted by Gasteiger charge is 2.34. The molecule has 0 aliphatic carbocycles. The van der Waals surface area contributed by atoms with Crippen LogP contribution in [0.25, 0.3) is 0 Å². The minimum atomic E-state index is -0.447. The third-order valence-corrected chi connectivity index (χ3v) is 4.30. The molecule has 2 aliphatic rings. The smallest absolute Gasteiger partial charge is 0.250 e. The third-order valence-electron chi connectivity index (χ3n) is 4.30. The molecule has 0 radical (unpaired) electrons. The van der Waals surface area contributed by atoms with E-state index in [9.17, 15) is 9.90 Å². The number of nitrogens with zero attached hydrogens (tertiary/aromatic N) is 2. The number of pyridine rings is 1. The zero-order chi connectivity index (χ0) is 13.4. The van der Waals surface area contributed by atoms with Crippen LogP contribution in [-0.2, 0) is 6.54 Å². The van der Waals surface area contributed by atoms with Crippen LogP contribution in [0.1, 0.15) is 18.0 Å². The van der Waals surface area contributed by atoms with Crippen molar-refractivity contribution in [1.82, 2.24) is 9.47 Å². The van der Waals surface area contributed by atoms with Crippen molar-refractivity contribution in [2.75, 3.05) is 26.2 Å². The number of fused-ring (bicyclic) bond motifs is 4. The molecular weight excluding hydrogens is 242 g/mol. The van der Waals surface area contributed by atoms with Gasteiger partial charge in [-0.05, 0) is 18.4 Å². The quantitative estimate of drug-likeness (QED) is 0.777. The van der Waals surface area contributed by atoms with E-state index in [0.717, 1.165) is 31.7 Å². The molecule has 1 aromatic rings. The van der Waals surface area contributed by atoms with Crippen molar-refractivity contribution in [2.45, 2.75) is 25.0 Å². The van der Waals surface area contributed by atoms with Crippen LogP contribution in [0.5, 0.6) is 0 Å². The van der Waals surface area contributed by atoms with Crippen molar-refractivity contribution < 1.29 is 5.11 Å². The monoisotopic (exact) mass is 263 g/mol. The molecule has 3 heterocycles. The molecule has 104 valence electrons.